The Hall–Kier alpha value is -1.01. The van der Waals surface area contributed by atoms with Crippen molar-refractivity contribution >= 4 is 34.4 Å². The van der Waals surface area contributed by atoms with Crippen molar-refractivity contribution in [1.82, 2.24) is 14.5 Å². The molecule has 0 aliphatic carbocycles. The first kappa shape index (κ1) is 12.4. The van der Waals surface area contributed by atoms with E-state index in [1.165, 1.54) is 12.3 Å². The molecular formula is C9H6Cl2F3N3. The van der Waals surface area contributed by atoms with Crippen LogP contribution in [-0.2, 0) is 12.4 Å². The summed E-state index contributed by atoms with van der Waals surface area (Å²) in [6.45, 7) is -1.17. The fourth-order valence-corrected chi connectivity index (χ4v) is 1.84. The Kier molecular flexibility index (Phi) is 3.18. The second-order valence-electron chi connectivity index (χ2n) is 3.36. The zero-order valence-electron chi connectivity index (χ0n) is 8.30. The molecule has 2 aromatic heterocycles. The molecule has 0 atom stereocenters. The van der Waals surface area contributed by atoms with Gasteiger partial charge in [0.15, 0.2) is 5.65 Å². The average Bonchev–Trinajstić information content (AvgIpc) is 2.53. The topological polar surface area (TPSA) is 30.7 Å². The Morgan fingerprint density at radius 2 is 2.06 bits per heavy atom. The van der Waals surface area contributed by atoms with Crippen molar-refractivity contribution in [2.24, 2.45) is 0 Å². The van der Waals surface area contributed by atoms with Crippen LogP contribution >= 0.6 is 23.2 Å². The van der Waals surface area contributed by atoms with E-state index in [4.69, 9.17) is 23.2 Å². The van der Waals surface area contributed by atoms with Crippen molar-refractivity contribution in [3.63, 3.8) is 0 Å². The highest BCUT2D eigenvalue weighted by Gasteiger charge is 2.30. The molecule has 8 heteroatoms. The predicted octanol–water partition coefficient (Wildman–Crippen LogP) is 3.39. The number of hydrogen-bond donors (Lipinski definition) is 0. The molecule has 17 heavy (non-hydrogen) atoms. The predicted molar refractivity (Wildman–Crippen MR) is 58.2 cm³/mol. The molecule has 0 saturated heterocycles. The van der Waals surface area contributed by atoms with Gasteiger partial charge < -0.3 is 4.57 Å². The van der Waals surface area contributed by atoms with Gasteiger partial charge in [0.2, 0.25) is 0 Å². The van der Waals surface area contributed by atoms with Crippen molar-refractivity contribution in [3.05, 3.63) is 23.1 Å². The molecule has 2 heterocycles. The Bertz CT molecular complexity index is 550. The lowest BCUT2D eigenvalue weighted by molar-refractivity contribution is -0.140. The third-order valence-electron chi connectivity index (χ3n) is 2.09. The summed E-state index contributed by atoms with van der Waals surface area (Å²) in [6, 6.07) is 1.45. The first-order valence-corrected chi connectivity index (χ1v) is 5.45. The highest BCUT2D eigenvalue weighted by atomic mass is 35.5. The van der Waals surface area contributed by atoms with E-state index in [0.717, 1.165) is 4.57 Å². The van der Waals surface area contributed by atoms with Gasteiger partial charge in [0.05, 0.1) is 10.9 Å². The van der Waals surface area contributed by atoms with Crippen LogP contribution in [0.15, 0.2) is 12.3 Å². The van der Waals surface area contributed by atoms with Gasteiger partial charge in [-0.1, -0.05) is 11.6 Å². The van der Waals surface area contributed by atoms with Crippen molar-refractivity contribution in [3.8, 4) is 0 Å². The molecule has 0 spiro atoms. The highest BCUT2D eigenvalue weighted by molar-refractivity contribution is 6.31. The second-order valence-corrected chi connectivity index (χ2v) is 4.06. The number of aromatic nitrogens is 3. The third-order valence-corrected chi connectivity index (χ3v) is 2.53. The number of fused-ring (bicyclic) bond motifs is 1. The number of halogens is 5. The first-order valence-electron chi connectivity index (χ1n) is 4.54. The monoisotopic (exact) mass is 283 g/mol. The molecule has 3 nitrogen and oxygen atoms in total. The Morgan fingerprint density at radius 3 is 2.65 bits per heavy atom. The van der Waals surface area contributed by atoms with E-state index in [0.29, 0.717) is 10.5 Å². The Morgan fingerprint density at radius 1 is 1.35 bits per heavy atom. The van der Waals surface area contributed by atoms with Crippen LogP contribution in [0.25, 0.3) is 11.2 Å². The minimum absolute atomic E-state index is 0.119. The molecule has 2 aromatic rings. The van der Waals surface area contributed by atoms with Crippen LogP contribution in [0.4, 0.5) is 13.2 Å². The lowest BCUT2D eigenvalue weighted by Crippen LogP contribution is -2.19. The number of pyridine rings is 1. The molecule has 0 fully saturated rings. The summed E-state index contributed by atoms with van der Waals surface area (Å²) in [5.41, 5.74) is 0.430. The van der Waals surface area contributed by atoms with Crippen LogP contribution in [0.1, 0.15) is 5.82 Å². The van der Waals surface area contributed by atoms with E-state index in [9.17, 15) is 13.2 Å². The number of alkyl halides is 4. The van der Waals surface area contributed by atoms with Gasteiger partial charge >= 0.3 is 6.18 Å². The van der Waals surface area contributed by atoms with E-state index < -0.39 is 12.7 Å². The lowest BCUT2D eigenvalue weighted by atomic mass is 10.4. The summed E-state index contributed by atoms with van der Waals surface area (Å²) in [5, 5.41) is 0.315. The lowest BCUT2D eigenvalue weighted by Gasteiger charge is -2.09. The quantitative estimate of drug-likeness (QED) is 0.791. The van der Waals surface area contributed by atoms with E-state index in [1.807, 2.05) is 0 Å². The van der Waals surface area contributed by atoms with Gasteiger partial charge in [-0.05, 0) is 6.07 Å². The second kappa shape index (κ2) is 4.34. The molecular weight excluding hydrogens is 278 g/mol. The van der Waals surface area contributed by atoms with Gasteiger partial charge in [-0.25, -0.2) is 9.97 Å². The molecule has 0 unspecified atom stereocenters. The summed E-state index contributed by atoms with van der Waals surface area (Å²) < 4.78 is 38.1. The summed E-state index contributed by atoms with van der Waals surface area (Å²) in [7, 11) is 0. The largest absolute Gasteiger partial charge is 0.406 e. The van der Waals surface area contributed by atoms with Crippen LogP contribution in [0.3, 0.4) is 0 Å². The van der Waals surface area contributed by atoms with Crippen LogP contribution < -0.4 is 0 Å². The molecule has 0 amide bonds. The van der Waals surface area contributed by atoms with Crippen molar-refractivity contribution < 1.29 is 13.2 Å². The maximum Gasteiger partial charge on any atom is 0.406 e. The number of hydrogen-bond acceptors (Lipinski definition) is 2. The maximum absolute atomic E-state index is 12.4. The van der Waals surface area contributed by atoms with Crippen LogP contribution in [0, 0.1) is 0 Å². The average molecular weight is 284 g/mol. The molecule has 0 aromatic carbocycles. The SMILES string of the molecule is FC(F)(F)Cn1c(CCl)nc2cc(Cl)cnc21. The van der Waals surface area contributed by atoms with Crippen LogP contribution in [0.2, 0.25) is 5.02 Å². The molecule has 92 valence electrons. The van der Waals surface area contributed by atoms with Gasteiger partial charge in [0.1, 0.15) is 17.9 Å². The van der Waals surface area contributed by atoms with Gasteiger partial charge in [-0.3, -0.25) is 0 Å². The standard InChI is InChI=1S/C9H6Cl2F3N3/c10-2-7-16-6-1-5(11)3-15-8(6)17(7)4-9(12,13)14/h1,3H,2,4H2. The van der Waals surface area contributed by atoms with Crippen molar-refractivity contribution in [2.75, 3.05) is 0 Å². The molecule has 0 aliphatic heterocycles. The van der Waals surface area contributed by atoms with E-state index in [1.54, 1.807) is 0 Å². The highest BCUT2D eigenvalue weighted by Crippen LogP contribution is 2.24. The van der Waals surface area contributed by atoms with Crippen molar-refractivity contribution in [1.29, 1.82) is 0 Å². The van der Waals surface area contributed by atoms with Crippen LogP contribution in [-0.4, -0.2) is 20.7 Å². The first-order chi connectivity index (χ1) is 7.90. The van der Waals surface area contributed by atoms with Gasteiger partial charge in [-0.15, -0.1) is 11.6 Å². The number of rotatable bonds is 2. The Balaban J connectivity index is 2.58. The minimum atomic E-state index is -4.35. The summed E-state index contributed by atoms with van der Waals surface area (Å²) in [5.74, 6) is -0.00175. The minimum Gasteiger partial charge on any atom is -0.302 e. The molecule has 2 rings (SSSR count). The molecule has 0 bridgehead atoms. The van der Waals surface area contributed by atoms with E-state index in [-0.39, 0.29) is 17.4 Å². The molecule has 0 aliphatic rings. The third kappa shape index (κ3) is 2.63. The van der Waals surface area contributed by atoms with Gasteiger partial charge in [0, 0.05) is 6.20 Å². The number of nitrogens with zero attached hydrogens (tertiary/aromatic N) is 3. The maximum atomic E-state index is 12.4. The van der Waals surface area contributed by atoms with Crippen molar-refractivity contribution in [2.45, 2.75) is 18.6 Å². The fraction of sp³-hybridized carbons (Fsp3) is 0.333. The summed E-state index contributed by atoms with van der Waals surface area (Å²) >= 11 is 11.3. The van der Waals surface area contributed by atoms with Crippen LogP contribution in [0.5, 0.6) is 0 Å². The number of imidazole rings is 1. The zero-order chi connectivity index (χ0) is 12.6. The van der Waals surface area contributed by atoms with E-state index in [2.05, 4.69) is 9.97 Å². The fourth-order valence-electron chi connectivity index (χ4n) is 1.48. The summed E-state index contributed by atoms with van der Waals surface area (Å²) in [6.07, 6.45) is -3.08. The smallest absolute Gasteiger partial charge is 0.302 e. The molecule has 0 radical (unpaired) electrons. The van der Waals surface area contributed by atoms with Gasteiger partial charge in [0.25, 0.3) is 0 Å². The molecule has 0 N–H and O–H groups in total. The molecule has 0 saturated carbocycles. The van der Waals surface area contributed by atoms with Gasteiger partial charge in [-0.2, -0.15) is 13.2 Å². The summed E-state index contributed by atoms with van der Waals surface area (Å²) in [4.78, 5) is 7.80. The zero-order valence-corrected chi connectivity index (χ0v) is 9.81. The normalized spacial score (nSPS) is 12.3. The Labute approximate surface area is 104 Å². The van der Waals surface area contributed by atoms with E-state index >= 15 is 0 Å².